The van der Waals surface area contributed by atoms with Crippen molar-refractivity contribution in [2.24, 2.45) is 0 Å². The Kier molecular flexibility index (Phi) is 5.29. The lowest BCUT2D eigenvalue weighted by Gasteiger charge is -2.09. The van der Waals surface area contributed by atoms with Gasteiger partial charge in [-0.25, -0.2) is 4.39 Å². The molecule has 9 heteroatoms. The Morgan fingerprint density at radius 1 is 1.31 bits per heavy atom. The summed E-state index contributed by atoms with van der Waals surface area (Å²) in [6.07, 6.45) is 3.02. The van der Waals surface area contributed by atoms with Gasteiger partial charge in [0.25, 0.3) is 0 Å². The number of anilines is 1. The monoisotopic (exact) mass is 395 g/mol. The zero-order chi connectivity index (χ0) is 18.8. The molecule has 1 N–H and O–H groups in total. The molecule has 26 heavy (non-hydrogen) atoms. The summed E-state index contributed by atoms with van der Waals surface area (Å²) in [6, 6.07) is 4.53. The number of aryl methyl sites for hydroxylation is 1. The van der Waals surface area contributed by atoms with Gasteiger partial charge in [0.2, 0.25) is 5.91 Å². The van der Waals surface area contributed by atoms with E-state index in [9.17, 15) is 9.18 Å². The van der Waals surface area contributed by atoms with E-state index in [0.29, 0.717) is 32.7 Å². The molecule has 0 radical (unpaired) electrons. The van der Waals surface area contributed by atoms with E-state index < -0.39 is 5.82 Å². The molecule has 0 atom stereocenters. The first-order valence-corrected chi connectivity index (χ1v) is 8.55. The number of hydrogen-bond donors (Lipinski definition) is 1. The van der Waals surface area contributed by atoms with E-state index in [4.69, 9.17) is 23.2 Å². The van der Waals surface area contributed by atoms with Gasteiger partial charge in [-0.15, -0.1) is 0 Å². The van der Waals surface area contributed by atoms with E-state index in [1.807, 2.05) is 0 Å². The summed E-state index contributed by atoms with van der Waals surface area (Å²) in [4.78, 5) is 12.2. The average Bonchev–Trinajstić information content (AvgIpc) is 3.09. The number of amides is 1. The van der Waals surface area contributed by atoms with E-state index in [2.05, 4.69) is 15.5 Å². The Balaban J connectivity index is 1.78. The predicted molar refractivity (Wildman–Crippen MR) is 98.1 cm³/mol. The van der Waals surface area contributed by atoms with Crippen LogP contribution < -0.4 is 5.32 Å². The van der Waals surface area contributed by atoms with Crippen LogP contribution in [0.5, 0.6) is 0 Å². The molecular formula is C17H16Cl2FN5O. The summed E-state index contributed by atoms with van der Waals surface area (Å²) in [6.45, 7) is 3.76. The van der Waals surface area contributed by atoms with Gasteiger partial charge in [0.05, 0.1) is 34.8 Å². The van der Waals surface area contributed by atoms with Crippen molar-refractivity contribution < 1.29 is 9.18 Å². The summed E-state index contributed by atoms with van der Waals surface area (Å²) in [7, 11) is 0. The third-order valence-corrected chi connectivity index (χ3v) is 4.47. The number of halogens is 3. The molecule has 0 aliphatic heterocycles. The molecule has 2 heterocycles. The van der Waals surface area contributed by atoms with Gasteiger partial charge in [-0.05, 0) is 26.0 Å². The summed E-state index contributed by atoms with van der Waals surface area (Å²) < 4.78 is 17.1. The Morgan fingerprint density at radius 3 is 2.73 bits per heavy atom. The molecule has 2 aromatic heterocycles. The molecule has 0 aliphatic rings. The Morgan fingerprint density at radius 2 is 2.08 bits per heavy atom. The van der Waals surface area contributed by atoms with Crippen LogP contribution in [0.15, 0.2) is 30.6 Å². The molecule has 3 rings (SSSR count). The molecule has 0 bridgehead atoms. The highest BCUT2D eigenvalue weighted by Crippen LogP contribution is 2.24. The summed E-state index contributed by atoms with van der Waals surface area (Å²) in [5.74, 6) is -0.661. The minimum absolute atomic E-state index is 0.0237. The third kappa shape index (κ3) is 3.89. The molecule has 0 aliphatic carbocycles. The van der Waals surface area contributed by atoms with Gasteiger partial charge in [0, 0.05) is 16.8 Å². The first kappa shape index (κ1) is 18.4. The second-order valence-corrected chi connectivity index (χ2v) is 6.65. The van der Waals surface area contributed by atoms with Crippen molar-refractivity contribution in [3.05, 3.63) is 63.4 Å². The molecule has 1 aromatic carbocycles. The highest BCUT2D eigenvalue weighted by molar-refractivity contribution is 6.31. The van der Waals surface area contributed by atoms with Crippen LogP contribution in [0, 0.1) is 19.7 Å². The molecule has 0 spiro atoms. The van der Waals surface area contributed by atoms with Gasteiger partial charge in [-0.1, -0.05) is 29.3 Å². The lowest BCUT2D eigenvalue weighted by Crippen LogP contribution is -2.19. The van der Waals surface area contributed by atoms with Crippen molar-refractivity contribution in [2.45, 2.75) is 26.9 Å². The van der Waals surface area contributed by atoms with E-state index in [-0.39, 0.29) is 19.0 Å². The SMILES string of the molecule is Cc1nn(Cc2c(F)cccc2Cl)c(C)c1NC(=O)Cn1cc(Cl)cn1. The minimum Gasteiger partial charge on any atom is -0.321 e. The number of carbonyl (C=O) groups excluding carboxylic acids is 1. The highest BCUT2D eigenvalue weighted by atomic mass is 35.5. The van der Waals surface area contributed by atoms with Crippen LogP contribution in [-0.2, 0) is 17.9 Å². The van der Waals surface area contributed by atoms with Crippen LogP contribution in [0.4, 0.5) is 10.1 Å². The van der Waals surface area contributed by atoms with Gasteiger partial charge in [-0.2, -0.15) is 10.2 Å². The minimum atomic E-state index is -0.397. The van der Waals surface area contributed by atoms with Crippen molar-refractivity contribution in [3.8, 4) is 0 Å². The quantitative estimate of drug-likeness (QED) is 0.713. The Labute approximate surface area is 159 Å². The normalized spacial score (nSPS) is 11.0. The number of benzene rings is 1. The first-order chi connectivity index (χ1) is 12.3. The molecule has 3 aromatic rings. The van der Waals surface area contributed by atoms with Crippen molar-refractivity contribution in [2.75, 3.05) is 5.32 Å². The van der Waals surface area contributed by atoms with E-state index >= 15 is 0 Å². The number of nitrogens with zero attached hydrogens (tertiary/aromatic N) is 4. The third-order valence-electron chi connectivity index (χ3n) is 3.92. The number of nitrogens with one attached hydrogen (secondary N) is 1. The molecule has 1 amide bonds. The van der Waals surface area contributed by atoms with E-state index in [1.165, 1.54) is 16.9 Å². The van der Waals surface area contributed by atoms with Crippen LogP contribution in [0.2, 0.25) is 10.0 Å². The molecule has 0 unspecified atom stereocenters. The average molecular weight is 396 g/mol. The van der Waals surface area contributed by atoms with Gasteiger partial charge in [0.1, 0.15) is 12.4 Å². The zero-order valence-corrected chi connectivity index (χ0v) is 15.6. The van der Waals surface area contributed by atoms with Crippen LogP contribution in [0.3, 0.4) is 0 Å². The maximum absolute atomic E-state index is 14.0. The van der Waals surface area contributed by atoms with Crippen molar-refractivity contribution in [1.82, 2.24) is 19.6 Å². The molecule has 6 nitrogen and oxygen atoms in total. The second-order valence-electron chi connectivity index (χ2n) is 5.81. The van der Waals surface area contributed by atoms with Crippen LogP contribution >= 0.6 is 23.2 Å². The fraction of sp³-hybridized carbons (Fsp3) is 0.235. The van der Waals surface area contributed by atoms with Gasteiger partial charge in [-0.3, -0.25) is 14.2 Å². The lowest BCUT2D eigenvalue weighted by molar-refractivity contribution is -0.116. The smallest absolute Gasteiger partial charge is 0.246 e. The van der Waals surface area contributed by atoms with Crippen molar-refractivity contribution >= 4 is 34.8 Å². The Hall–Kier alpha value is -2.38. The maximum Gasteiger partial charge on any atom is 0.246 e. The fourth-order valence-corrected chi connectivity index (χ4v) is 2.99. The fourth-order valence-electron chi connectivity index (χ4n) is 2.62. The number of carbonyl (C=O) groups is 1. The van der Waals surface area contributed by atoms with Crippen LogP contribution in [-0.4, -0.2) is 25.5 Å². The number of aromatic nitrogens is 4. The lowest BCUT2D eigenvalue weighted by atomic mass is 10.2. The summed E-state index contributed by atoms with van der Waals surface area (Å²) >= 11 is 11.9. The highest BCUT2D eigenvalue weighted by Gasteiger charge is 2.17. The number of hydrogen-bond acceptors (Lipinski definition) is 3. The molecule has 0 fully saturated rings. The van der Waals surface area contributed by atoms with Crippen LogP contribution in [0.1, 0.15) is 17.0 Å². The van der Waals surface area contributed by atoms with Gasteiger partial charge in [0.15, 0.2) is 0 Å². The largest absolute Gasteiger partial charge is 0.321 e. The summed E-state index contributed by atoms with van der Waals surface area (Å²) in [5, 5.41) is 12.0. The predicted octanol–water partition coefficient (Wildman–Crippen LogP) is 3.83. The molecule has 136 valence electrons. The Bertz CT molecular complexity index is 946. The van der Waals surface area contributed by atoms with Crippen LogP contribution in [0.25, 0.3) is 0 Å². The number of rotatable bonds is 5. The molecule has 0 saturated carbocycles. The first-order valence-electron chi connectivity index (χ1n) is 7.80. The maximum atomic E-state index is 14.0. The van der Waals surface area contributed by atoms with Crippen molar-refractivity contribution in [1.29, 1.82) is 0 Å². The second kappa shape index (κ2) is 7.47. The van der Waals surface area contributed by atoms with Crippen molar-refractivity contribution in [3.63, 3.8) is 0 Å². The van der Waals surface area contributed by atoms with Gasteiger partial charge < -0.3 is 5.32 Å². The zero-order valence-electron chi connectivity index (χ0n) is 14.1. The summed E-state index contributed by atoms with van der Waals surface area (Å²) in [5.41, 5.74) is 2.26. The standard InChI is InChI=1S/C17H16Cl2FN5O/c1-10-17(22-16(26)9-24-7-12(18)6-21-24)11(2)25(23-10)8-13-14(19)4-3-5-15(13)20/h3-7H,8-9H2,1-2H3,(H,22,26). The molecule has 0 saturated heterocycles. The van der Waals surface area contributed by atoms with E-state index in [1.54, 1.807) is 36.9 Å². The topological polar surface area (TPSA) is 64.7 Å². The van der Waals surface area contributed by atoms with E-state index in [0.717, 1.165) is 0 Å². The molecular weight excluding hydrogens is 380 g/mol. The van der Waals surface area contributed by atoms with Gasteiger partial charge >= 0.3 is 0 Å².